The highest BCUT2D eigenvalue weighted by molar-refractivity contribution is 5.77. The number of hydrogen-bond donors (Lipinski definition) is 1. The van der Waals surface area contributed by atoms with Crippen LogP contribution in [-0.2, 0) is 4.79 Å². The number of carbonyl (C=O) groups is 1. The number of nitrogens with zero attached hydrogens (tertiary/aromatic N) is 1. The van der Waals surface area contributed by atoms with E-state index in [2.05, 4.69) is 10.2 Å². The summed E-state index contributed by atoms with van der Waals surface area (Å²) in [6, 6.07) is 7.99. The molecule has 1 N–H and O–H groups in total. The van der Waals surface area contributed by atoms with Gasteiger partial charge in [0.05, 0.1) is 6.54 Å². The van der Waals surface area contributed by atoms with Gasteiger partial charge in [-0.1, -0.05) is 19.1 Å². The summed E-state index contributed by atoms with van der Waals surface area (Å²) in [5.41, 5.74) is 1.19. The number of likely N-dealkylation sites (N-methyl/N-ethyl adjacent to an activating group) is 2. The van der Waals surface area contributed by atoms with E-state index >= 15 is 0 Å². The van der Waals surface area contributed by atoms with Crippen LogP contribution in [0.15, 0.2) is 24.3 Å². The van der Waals surface area contributed by atoms with Gasteiger partial charge in [0.25, 0.3) is 0 Å². The lowest BCUT2D eigenvalue weighted by molar-refractivity contribution is -0.122. The lowest BCUT2D eigenvalue weighted by atomic mass is 10.2. The van der Waals surface area contributed by atoms with Crippen molar-refractivity contribution in [3.8, 4) is 5.75 Å². The highest BCUT2D eigenvalue weighted by atomic mass is 16.5. The summed E-state index contributed by atoms with van der Waals surface area (Å²) in [5.74, 6) is 0.953. The van der Waals surface area contributed by atoms with E-state index in [4.69, 9.17) is 4.74 Å². The van der Waals surface area contributed by atoms with E-state index in [9.17, 15) is 4.79 Å². The van der Waals surface area contributed by atoms with Crippen LogP contribution >= 0.6 is 0 Å². The van der Waals surface area contributed by atoms with Gasteiger partial charge in [-0.15, -0.1) is 0 Å². The molecule has 0 heterocycles. The fraction of sp³-hybridized carbons (Fsp3) is 0.533. The van der Waals surface area contributed by atoms with Gasteiger partial charge in [0.2, 0.25) is 5.91 Å². The van der Waals surface area contributed by atoms with Crippen molar-refractivity contribution >= 4 is 5.91 Å². The average molecular weight is 264 g/mol. The summed E-state index contributed by atoms with van der Waals surface area (Å²) < 4.78 is 5.69. The first-order chi connectivity index (χ1) is 9.15. The number of ether oxygens (including phenoxy) is 1. The Labute approximate surface area is 115 Å². The van der Waals surface area contributed by atoms with Crippen molar-refractivity contribution in [2.45, 2.75) is 20.8 Å². The molecule has 0 aromatic heterocycles. The molecule has 0 aliphatic heterocycles. The number of amides is 1. The molecule has 0 unspecified atom stereocenters. The molecule has 1 amide bonds. The molecule has 0 bridgehead atoms. The van der Waals surface area contributed by atoms with Crippen molar-refractivity contribution in [3.63, 3.8) is 0 Å². The van der Waals surface area contributed by atoms with Crippen LogP contribution in [0.4, 0.5) is 0 Å². The summed E-state index contributed by atoms with van der Waals surface area (Å²) in [6.07, 6.45) is 0. The summed E-state index contributed by atoms with van der Waals surface area (Å²) >= 11 is 0. The van der Waals surface area contributed by atoms with Gasteiger partial charge in [0.15, 0.2) is 0 Å². The Bertz CT molecular complexity index is 393. The van der Waals surface area contributed by atoms with E-state index in [0.29, 0.717) is 19.7 Å². The monoisotopic (exact) mass is 264 g/mol. The zero-order valence-electron chi connectivity index (χ0n) is 12.1. The number of carbonyl (C=O) groups excluding carboxylic acids is 1. The average Bonchev–Trinajstić information content (AvgIpc) is 2.38. The Kier molecular flexibility index (Phi) is 6.97. The Balaban J connectivity index is 2.31. The maximum atomic E-state index is 11.5. The number of rotatable bonds is 8. The van der Waals surface area contributed by atoms with Crippen LogP contribution in [0.3, 0.4) is 0 Å². The first kappa shape index (κ1) is 15.5. The summed E-state index contributed by atoms with van der Waals surface area (Å²) in [7, 11) is 0. The molecule has 4 nitrogen and oxygen atoms in total. The van der Waals surface area contributed by atoms with Crippen LogP contribution in [-0.4, -0.2) is 43.6 Å². The van der Waals surface area contributed by atoms with Crippen molar-refractivity contribution in [2.24, 2.45) is 0 Å². The van der Waals surface area contributed by atoms with E-state index in [-0.39, 0.29) is 5.91 Å². The van der Waals surface area contributed by atoms with Gasteiger partial charge >= 0.3 is 0 Å². The second-order valence-corrected chi connectivity index (χ2v) is 4.49. The standard InChI is InChI=1S/C15H24N2O2/c1-4-16-15(18)12-17(5-2)9-10-19-14-8-6-7-13(3)11-14/h6-8,11H,4-5,9-10,12H2,1-3H3,(H,16,18). The highest BCUT2D eigenvalue weighted by Gasteiger charge is 2.08. The molecule has 1 rings (SSSR count). The zero-order chi connectivity index (χ0) is 14.1. The Morgan fingerprint density at radius 1 is 1.37 bits per heavy atom. The predicted molar refractivity (Wildman–Crippen MR) is 77.5 cm³/mol. The van der Waals surface area contributed by atoms with Gasteiger partial charge in [0.1, 0.15) is 12.4 Å². The molecule has 1 aromatic rings. The molecule has 0 spiro atoms. The fourth-order valence-electron chi connectivity index (χ4n) is 1.80. The normalized spacial score (nSPS) is 10.5. The third-order valence-corrected chi connectivity index (χ3v) is 2.85. The molecule has 0 atom stereocenters. The number of aryl methyl sites for hydroxylation is 1. The molecule has 0 saturated carbocycles. The molecule has 106 valence electrons. The van der Waals surface area contributed by atoms with Gasteiger partial charge in [-0.2, -0.15) is 0 Å². The Hall–Kier alpha value is -1.55. The van der Waals surface area contributed by atoms with E-state index in [0.717, 1.165) is 18.8 Å². The first-order valence-electron chi connectivity index (χ1n) is 6.84. The molecular formula is C15H24N2O2. The minimum atomic E-state index is 0.0694. The predicted octanol–water partition coefficient (Wildman–Crippen LogP) is 1.83. The maximum Gasteiger partial charge on any atom is 0.234 e. The van der Waals surface area contributed by atoms with Gasteiger partial charge in [-0.05, 0) is 38.1 Å². The lowest BCUT2D eigenvalue weighted by Gasteiger charge is -2.19. The van der Waals surface area contributed by atoms with E-state index in [1.165, 1.54) is 5.56 Å². The summed E-state index contributed by atoms with van der Waals surface area (Å²) in [6.45, 7) is 9.31. The van der Waals surface area contributed by atoms with Crippen molar-refractivity contribution in [1.82, 2.24) is 10.2 Å². The third kappa shape index (κ3) is 6.25. The molecule has 0 saturated heterocycles. The quantitative estimate of drug-likeness (QED) is 0.779. The van der Waals surface area contributed by atoms with Crippen LogP contribution in [0.5, 0.6) is 5.75 Å². The summed E-state index contributed by atoms with van der Waals surface area (Å²) in [4.78, 5) is 13.6. The van der Waals surface area contributed by atoms with E-state index in [1.54, 1.807) is 0 Å². The lowest BCUT2D eigenvalue weighted by Crippen LogP contribution is -2.38. The zero-order valence-corrected chi connectivity index (χ0v) is 12.1. The van der Waals surface area contributed by atoms with Crippen LogP contribution in [0, 0.1) is 6.92 Å². The number of benzene rings is 1. The molecule has 0 aliphatic rings. The minimum absolute atomic E-state index is 0.0694. The number of nitrogens with one attached hydrogen (secondary N) is 1. The molecule has 0 fully saturated rings. The van der Waals surface area contributed by atoms with Gasteiger partial charge in [-0.25, -0.2) is 0 Å². The molecule has 4 heteroatoms. The van der Waals surface area contributed by atoms with Gasteiger partial charge in [0, 0.05) is 13.1 Å². The fourth-order valence-corrected chi connectivity index (χ4v) is 1.80. The topological polar surface area (TPSA) is 41.6 Å². The second-order valence-electron chi connectivity index (χ2n) is 4.49. The smallest absolute Gasteiger partial charge is 0.234 e. The van der Waals surface area contributed by atoms with Crippen molar-refractivity contribution in [2.75, 3.05) is 32.8 Å². The van der Waals surface area contributed by atoms with Gasteiger partial charge < -0.3 is 10.1 Å². The molecule has 1 aromatic carbocycles. The van der Waals surface area contributed by atoms with Crippen LogP contribution in [0.2, 0.25) is 0 Å². The Morgan fingerprint density at radius 2 is 2.16 bits per heavy atom. The van der Waals surface area contributed by atoms with E-state index < -0.39 is 0 Å². The molecule has 0 aliphatic carbocycles. The maximum absolute atomic E-state index is 11.5. The third-order valence-electron chi connectivity index (χ3n) is 2.85. The van der Waals surface area contributed by atoms with E-state index in [1.807, 2.05) is 45.0 Å². The Morgan fingerprint density at radius 3 is 2.79 bits per heavy atom. The molecular weight excluding hydrogens is 240 g/mol. The second kappa shape index (κ2) is 8.53. The van der Waals surface area contributed by atoms with Crippen molar-refractivity contribution in [1.29, 1.82) is 0 Å². The van der Waals surface area contributed by atoms with Crippen LogP contribution in [0.25, 0.3) is 0 Å². The van der Waals surface area contributed by atoms with Crippen molar-refractivity contribution in [3.05, 3.63) is 29.8 Å². The largest absolute Gasteiger partial charge is 0.492 e. The highest BCUT2D eigenvalue weighted by Crippen LogP contribution is 2.12. The van der Waals surface area contributed by atoms with Crippen LogP contribution in [0.1, 0.15) is 19.4 Å². The van der Waals surface area contributed by atoms with Crippen LogP contribution < -0.4 is 10.1 Å². The van der Waals surface area contributed by atoms with Crippen molar-refractivity contribution < 1.29 is 9.53 Å². The SMILES string of the molecule is CCNC(=O)CN(CC)CCOc1cccc(C)c1. The first-order valence-corrected chi connectivity index (χ1v) is 6.84. The molecule has 19 heavy (non-hydrogen) atoms. The summed E-state index contributed by atoms with van der Waals surface area (Å²) in [5, 5.41) is 2.80. The van der Waals surface area contributed by atoms with Gasteiger partial charge in [-0.3, -0.25) is 9.69 Å². The number of hydrogen-bond acceptors (Lipinski definition) is 3. The molecule has 0 radical (unpaired) electrons. The minimum Gasteiger partial charge on any atom is -0.492 e.